The molecule has 0 spiro atoms. The van der Waals surface area contributed by atoms with Gasteiger partial charge in [-0.1, -0.05) is 41.9 Å². The van der Waals surface area contributed by atoms with E-state index in [1.807, 2.05) is 54.1 Å². The lowest BCUT2D eigenvalue weighted by Gasteiger charge is -2.01. The molecule has 0 bridgehead atoms. The maximum Gasteiger partial charge on any atom is 0.274 e. The van der Waals surface area contributed by atoms with Crippen LogP contribution in [0, 0.1) is 0 Å². The minimum absolute atomic E-state index is 0.448. The van der Waals surface area contributed by atoms with Crippen molar-refractivity contribution in [2.45, 2.75) is 0 Å². The van der Waals surface area contributed by atoms with E-state index in [9.17, 15) is 0 Å². The zero-order valence-electron chi connectivity index (χ0n) is 12.7. The first-order valence-corrected chi connectivity index (χ1v) is 7.83. The van der Waals surface area contributed by atoms with Crippen LogP contribution in [0.2, 0.25) is 5.02 Å². The van der Waals surface area contributed by atoms with Crippen LogP contribution in [-0.2, 0) is 7.05 Å². The number of nitrogens with zero attached hydrogens (tertiary/aromatic N) is 6. The molecule has 0 atom stereocenters. The molecule has 0 amide bonds. The molecule has 0 unspecified atom stereocenters. The number of fused-ring (bicyclic) bond motifs is 4. The quantitative estimate of drug-likeness (QED) is 0.471. The summed E-state index contributed by atoms with van der Waals surface area (Å²) in [5.41, 5.74) is 3.45. The van der Waals surface area contributed by atoms with Gasteiger partial charge in [0.2, 0.25) is 0 Å². The highest BCUT2D eigenvalue weighted by atomic mass is 35.5. The fourth-order valence-corrected chi connectivity index (χ4v) is 3.25. The number of aromatic nitrogens is 6. The molecule has 6 nitrogen and oxygen atoms in total. The summed E-state index contributed by atoms with van der Waals surface area (Å²) in [4.78, 5) is 4.64. The zero-order chi connectivity index (χ0) is 16.3. The third-order valence-corrected chi connectivity index (χ3v) is 4.52. The zero-order valence-corrected chi connectivity index (χ0v) is 13.4. The minimum Gasteiger partial charge on any atom is -0.327 e. The summed E-state index contributed by atoms with van der Waals surface area (Å²) >= 11 is 6.30. The van der Waals surface area contributed by atoms with Crippen LogP contribution >= 0.6 is 11.6 Å². The topological polar surface area (TPSA) is 60.9 Å². The normalized spacial score (nSPS) is 11.8. The SMILES string of the molecule is Cn1c2ccccc2c2nn3c(-c4ccccc4Cl)nnc3nc21. The lowest BCUT2D eigenvalue weighted by Crippen LogP contribution is -1.99. The lowest BCUT2D eigenvalue weighted by molar-refractivity contribution is 0.922. The van der Waals surface area contributed by atoms with Gasteiger partial charge >= 0.3 is 0 Å². The molecule has 0 aliphatic rings. The van der Waals surface area contributed by atoms with Crippen LogP contribution in [0.5, 0.6) is 0 Å². The highest BCUT2D eigenvalue weighted by molar-refractivity contribution is 6.33. The molecule has 0 radical (unpaired) electrons. The first-order chi connectivity index (χ1) is 11.7. The summed E-state index contributed by atoms with van der Waals surface area (Å²) in [5.74, 6) is 1.03. The van der Waals surface area contributed by atoms with Crippen LogP contribution in [0.3, 0.4) is 0 Å². The first kappa shape index (κ1) is 13.4. The highest BCUT2D eigenvalue weighted by Crippen LogP contribution is 2.28. The van der Waals surface area contributed by atoms with Crippen molar-refractivity contribution in [1.29, 1.82) is 0 Å². The molecule has 0 fully saturated rings. The number of rotatable bonds is 1. The Hall–Kier alpha value is -2.99. The van der Waals surface area contributed by atoms with E-state index >= 15 is 0 Å². The molecule has 0 saturated carbocycles. The molecule has 0 saturated heterocycles. The van der Waals surface area contributed by atoms with Gasteiger partial charge in [0.1, 0.15) is 5.52 Å². The van der Waals surface area contributed by atoms with Gasteiger partial charge in [0.15, 0.2) is 11.5 Å². The summed E-state index contributed by atoms with van der Waals surface area (Å²) in [5, 5.41) is 14.8. The highest BCUT2D eigenvalue weighted by Gasteiger charge is 2.17. The van der Waals surface area contributed by atoms with Gasteiger partial charge < -0.3 is 4.57 Å². The van der Waals surface area contributed by atoms with E-state index in [1.54, 1.807) is 4.52 Å². The molecule has 7 heteroatoms. The smallest absolute Gasteiger partial charge is 0.274 e. The number of para-hydroxylation sites is 1. The van der Waals surface area contributed by atoms with Crippen molar-refractivity contribution in [1.82, 2.24) is 29.4 Å². The number of hydrogen-bond donors (Lipinski definition) is 0. The summed E-state index contributed by atoms with van der Waals surface area (Å²) in [6, 6.07) is 15.6. The predicted molar refractivity (Wildman–Crippen MR) is 93.0 cm³/mol. The van der Waals surface area contributed by atoms with Crippen LogP contribution in [-0.4, -0.2) is 29.4 Å². The van der Waals surface area contributed by atoms with E-state index in [0.29, 0.717) is 16.6 Å². The number of hydrogen-bond acceptors (Lipinski definition) is 4. The molecule has 116 valence electrons. The molecule has 5 rings (SSSR count). The first-order valence-electron chi connectivity index (χ1n) is 7.45. The minimum atomic E-state index is 0.448. The molecule has 5 aromatic rings. The van der Waals surface area contributed by atoms with Crippen molar-refractivity contribution in [3.05, 3.63) is 53.6 Å². The van der Waals surface area contributed by atoms with E-state index in [2.05, 4.69) is 21.2 Å². The molecule has 0 aliphatic heterocycles. The van der Waals surface area contributed by atoms with Crippen molar-refractivity contribution in [2.24, 2.45) is 7.05 Å². The largest absolute Gasteiger partial charge is 0.327 e. The summed E-state index contributed by atoms with van der Waals surface area (Å²) in [6.07, 6.45) is 0. The molecule has 24 heavy (non-hydrogen) atoms. The Kier molecular flexibility index (Phi) is 2.66. The van der Waals surface area contributed by atoms with E-state index in [0.717, 1.165) is 27.6 Å². The van der Waals surface area contributed by atoms with Gasteiger partial charge in [-0.2, -0.15) is 14.6 Å². The Balaban J connectivity index is 1.91. The van der Waals surface area contributed by atoms with E-state index < -0.39 is 0 Å². The Morgan fingerprint density at radius 1 is 0.958 bits per heavy atom. The Morgan fingerprint density at radius 3 is 2.62 bits per heavy atom. The van der Waals surface area contributed by atoms with Crippen LogP contribution in [0.15, 0.2) is 48.5 Å². The van der Waals surface area contributed by atoms with Gasteiger partial charge in [0.05, 0.1) is 10.5 Å². The van der Waals surface area contributed by atoms with Crippen molar-refractivity contribution >= 4 is 39.4 Å². The number of halogens is 1. The lowest BCUT2D eigenvalue weighted by atomic mass is 10.2. The molecular formula is C17H11ClN6. The van der Waals surface area contributed by atoms with E-state index in [1.165, 1.54) is 0 Å². The fraction of sp³-hybridized carbons (Fsp3) is 0.0588. The molecule has 3 heterocycles. The van der Waals surface area contributed by atoms with E-state index in [4.69, 9.17) is 16.7 Å². The van der Waals surface area contributed by atoms with Gasteiger partial charge in [0, 0.05) is 18.0 Å². The Bertz CT molecular complexity index is 1240. The van der Waals surface area contributed by atoms with Crippen molar-refractivity contribution in [3.63, 3.8) is 0 Å². The average molecular weight is 335 g/mol. The summed E-state index contributed by atoms with van der Waals surface area (Å²) < 4.78 is 3.66. The molecule has 0 N–H and O–H groups in total. The maximum absolute atomic E-state index is 6.30. The van der Waals surface area contributed by atoms with Crippen LogP contribution in [0.1, 0.15) is 0 Å². The average Bonchev–Trinajstić information content (AvgIpc) is 3.14. The second-order valence-electron chi connectivity index (χ2n) is 5.58. The molecule has 0 aliphatic carbocycles. The Morgan fingerprint density at radius 2 is 1.75 bits per heavy atom. The third kappa shape index (κ3) is 1.71. The van der Waals surface area contributed by atoms with Crippen LogP contribution in [0.25, 0.3) is 39.2 Å². The van der Waals surface area contributed by atoms with Crippen LogP contribution in [0.4, 0.5) is 0 Å². The van der Waals surface area contributed by atoms with E-state index in [-0.39, 0.29) is 0 Å². The summed E-state index contributed by atoms with van der Waals surface area (Å²) in [7, 11) is 1.97. The standard InChI is InChI=1S/C17H11ClN6/c1-23-13-9-5-3-7-11(13)14-16(23)19-17-21-20-15(24(17)22-14)10-6-2-4-8-12(10)18/h2-9H,1H3. The van der Waals surface area contributed by atoms with Gasteiger partial charge in [-0.05, 0) is 18.2 Å². The molecular weight excluding hydrogens is 324 g/mol. The number of benzene rings is 2. The number of aryl methyl sites for hydroxylation is 1. The Labute approximate surface area is 141 Å². The van der Waals surface area contributed by atoms with Crippen molar-refractivity contribution < 1.29 is 0 Å². The molecule has 2 aromatic carbocycles. The van der Waals surface area contributed by atoms with Crippen molar-refractivity contribution in [2.75, 3.05) is 0 Å². The second kappa shape index (κ2) is 4.75. The monoisotopic (exact) mass is 334 g/mol. The fourth-order valence-electron chi connectivity index (χ4n) is 3.02. The maximum atomic E-state index is 6.30. The summed E-state index contributed by atoms with van der Waals surface area (Å²) in [6.45, 7) is 0. The molecule has 3 aromatic heterocycles. The van der Waals surface area contributed by atoms with Crippen LogP contribution < -0.4 is 0 Å². The van der Waals surface area contributed by atoms with Gasteiger partial charge in [-0.3, -0.25) is 0 Å². The van der Waals surface area contributed by atoms with Gasteiger partial charge in [-0.15, -0.1) is 10.2 Å². The second-order valence-corrected chi connectivity index (χ2v) is 5.98. The third-order valence-electron chi connectivity index (χ3n) is 4.19. The van der Waals surface area contributed by atoms with Gasteiger partial charge in [-0.25, -0.2) is 0 Å². The van der Waals surface area contributed by atoms with Gasteiger partial charge in [0.25, 0.3) is 5.78 Å². The predicted octanol–water partition coefficient (Wildman–Crippen LogP) is 3.48. The van der Waals surface area contributed by atoms with Crippen molar-refractivity contribution in [3.8, 4) is 11.4 Å².